The van der Waals surface area contributed by atoms with Crippen molar-refractivity contribution >= 4 is 19.0 Å². The summed E-state index contributed by atoms with van der Waals surface area (Å²) in [5.41, 5.74) is 0. The average molecular weight is 213 g/mol. The molecule has 0 aromatic carbocycles. The third kappa shape index (κ3) is 7.15. The van der Waals surface area contributed by atoms with Crippen molar-refractivity contribution in [1.82, 2.24) is 0 Å². The second-order valence-corrected chi connectivity index (χ2v) is 6.01. The Bertz CT molecular complexity index is 150. The lowest BCUT2D eigenvalue weighted by molar-refractivity contribution is 0.473. The Balaban J connectivity index is 3.49. The van der Waals surface area contributed by atoms with Gasteiger partial charge in [-0.1, -0.05) is 13.3 Å². The maximum Gasteiger partial charge on any atom is 0.200 e. The Morgan fingerprint density at radius 1 is 1.25 bits per heavy atom. The fourth-order valence-corrected chi connectivity index (χ4v) is 2.91. The smallest absolute Gasteiger partial charge is 0.200 e. The molecule has 0 aliphatic heterocycles. The van der Waals surface area contributed by atoms with E-state index in [1.165, 1.54) is 0 Å². The zero-order valence-corrected chi connectivity index (χ0v) is 9.28. The van der Waals surface area contributed by atoms with E-state index in [0.717, 1.165) is 25.7 Å². The monoisotopic (exact) mass is 212 g/mol. The van der Waals surface area contributed by atoms with E-state index < -0.39 is 7.37 Å². The standard InChI is InChI=1S/C8H18ClO2P/c1-2-3-7-12(10,11)8-5-4-6-9/h2-8H2,1H3,(H,10,11). The third-order valence-electron chi connectivity index (χ3n) is 1.75. The van der Waals surface area contributed by atoms with Crippen molar-refractivity contribution in [2.75, 3.05) is 18.2 Å². The van der Waals surface area contributed by atoms with Crippen molar-refractivity contribution in [3.8, 4) is 0 Å². The lowest BCUT2D eigenvalue weighted by atomic mass is 10.4. The van der Waals surface area contributed by atoms with Crippen LogP contribution >= 0.6 is 19.0 Å². The van der Waals surface area contributed by atoms with Crippen LogP contribution < -0.4 is 0 Å². The molecule has 0 aromatic rings. The summed E-state index contributed by atoms with van der Waals surface area (Å²) in [6.45, 7) is 2.03. The molecule has 0 aliphatic rings. The van der Waals surface area contributed by atoms with Crippen LogP contribution in [-0.4, -0.2) is 23.1 Å². The van der Waals surface area contributed by atoms with Gasteiger partial charge in [-0.25, -0.2) is 0 Å². The van der Waals surface area contributed by atoms with Gasteiger partial charge in [0, 0.05) is 18.2 Å². The molecule has 0 rings (SSSR count). The molecule has 12 heavy (non-hydrogen) atoms. The third-order valence-corrected chi connectivity index (χ3v) is 4.05. The van der Waals surface area contributed by atoms with Gasteiger partial charge in [-0.05, 0) is 19.3 Å². The first kappa shape index (κ1) is 12.5. The van der Waals surface area contributed by atoms with Crippen LogP contribution in [0.4, 0.5) is 0 Å². The van der Waals surface area contributed by atoms with Crippen molar-refractivity contribution in [1.29, 1.82) is 0 Å². The molecule has 0 aliphatic carbocycles. The van der Waals surface area contributed by atoms with Crippen LogP contribution in [0.15, 0.2) is 0 Å². The molecule has 0 heterocycles. The zero-order valence-electron chi connectivity index (χ0n) is 7.63. The highest BCUT2D eigenvalue weighted by Gasteiger charge is 2.15. The van der Waals surface area contributed by atoms with Crippen LogP contribution in [0.1, 0.15) is 32.6 Å². The fraction of sp³-hybridized carbons (Fsp3) is 1.00. The lowest BCUT2D eigenvalue weighted by Gasteiger charge is -2.09. The van der Waals surface area contributed by atoms with E-state index >= 15 is 0 Å². The minimum Gasteiger partial charge on any atom is -0.344 e. The quantitative estimate of drug-likeness (QED) is 0.400. The molecule has 74 valence electrons. The molecular formula is C8H18ClO2P. The number of halogens is 1. The summed E-state index contributed by atoms with van der Waals surface area (Å²) in [5, 5.41) is 0. The summed E-state index contributed by atoms with van der Waals surface area (Å²) in [6.07, 6.45) is 4.39. The molecule has 1 atom stereocenters. The number of rotatable bonds is 7. The van der Waals surface area contributed by atoms with Gasteiger partial charge in [0.25, 0.3) is 0 Å². The minimum absolute atomic E-state index is 0.444. The molecular weight excluding hydrogens is 195 g/mol. The highest BCUT2D eigenvalue weighted by Crippen LogP contribution is 2.42. The molecule has 0 fully saturated rings. The summed E-state index contributed by atoms with van der Waals surface area (Å²) in [5.74, 6) is 0.591. The number of hydrogen-bond acceptors (Lipinski definition) is 1. The second kappa shape index (κ2) is 6.94. The maximum absolute atomic E-state index is 11.4. The van der Waals surface area contributed by atoms with E-state index in [9.17, 15) is 9.46 Å². The van der Waals surface area contributed by atoms with E-state index in [2.05, 4.69) is 0 Å². The number of alkyl halides is 1. The second-order valence-electron chi connectivity index (χ2n) is 3.04. The molecule has 4 heteroatoms. The fourth-order valence-electron chi connectivity index (χ4n) is 0.970. The van der Waals surface area contributed by atoms with E-state index in [0.29, 0.717) is 18.2 Å². The highest BCUT2D eigenvalue weighted by molar-refractivity contribution is 7.57. The normalized spacial score (nSPS) is 15.9. The van der Waals surface area contributed by atoms with Crippen LogP contribution in [0.25, 0.3) is 0 Å². The minimum atomic E-state index is -2.80. The van der Waals surface area contributed by atoms with E-state index in [1.807, 2.05) is 6.92 Å². The van der Waals surface area contributed by atoms with Crippen LogP contribution in [0.3, 0.4) is 0 Å². The Labute approximate surface area is 79.8 Å². The predicted molar refractivity (Wildman–Crippen MR) is 54.4 cm³/mol. The Hall–Kier alpha value is 0.480. The summed E-state index contributed by atoms with van der Waals surface area (Å²) in [6, 6.07) is 0. The van der Waals surface area contributed by atoms with Crippen molar-refractivity contribution in [3.63, 3.8) is 0 Å². The van der Waals surface area contributed by atoms with Crippen LogP contribution in [0.5, 0.6) is 0 Å². The summed E-state index contributed by atoms with van der Waals surface area (Å²) in [7, 11) is -2.80. The van der Waals surface area contributed by atoms with Crippen LogP contribution in [0.2, 0.25) is 0 Å². The van der Waals surface area contributed by atoms with Gasteiger partial charge in [-0.15, -0.1) is 11.6 Å². The SMILES string of the molecule is CCCCP(=O)(O)CCCCCl. The summed E-state index contributed by atoms with van der Waals surface area (Å²) in [4.78, 5) is 9.38. The van der Waals surface area contributed by atoms with Crippen molar-refractivity contribution in [2.45, 2.75) is 32.6 Å². The molecule has 0 bridgehead atoms. The average Bonchev–Trinajstić information content (AvgIpc) is 2.01. The van der Waals surface area contributed by atoms with Gasteiger partial charge in [0.2, 0.25) is 7.37 Å². The molecule has 0 aromatic heterocycles. The molecule has 0 amide bonds. The van der Waals surface area contributed by atoms with Crippen molar-refractivity contribution in [2.24, 2.45) is 0 Å². The predicted octanol–water partition coefficient (Wildman–Crippen LogP) is 3.08. The molecule has 2 nitrogen and oxygen atoms in total. The maximum atomic E-state index is 11.4. The van der Waals surface area contributed by atoms with Gasteiger partial charge in [-0.2, -0.15) is 0 Å². The molecule has 0 radical (unpaired) electrons. The first-order valence-electron chi connectivity index (χ1n) is 4.49. The highest BCUT2D eigenvalue weighted by atomic mass is 35.5. The van der Waals surface area contributed by atoms with Crippen molar-refractivity contribution < 1.29 is 9.46 Å². The Morgan fingerprint density at radius 2 is 1.83 bits per heavy atom. The topological polar surface area (TPSA) is 37.3 Å². The Morgan fingerprint density at radius 3 is 2.33 bits per heavy atom. The van der Waals surface area contributed by atoms with Gasteiger partial charge in [-0.3, -0.25) is 4.57 Å². The first-order chi connectivity index (χ1) is 5.62. The van der Waals surface area contributed by atoms with Gasteiger partial charge >= 0.3 is 0 Å². The molecule has 0 saturated carbocycles. The molecule has 1 unspecified atom stereocenters. The van der Waals surface area contributed by atoms with Crippen molar-refractivity contribution in [3.05, 3.63) is 0 Å². The summed E-state index contributed by atoms with van der Waals surface area (Å²) < 4.78 is 11.4. The number of unbranched alkanes of at least 4 members (excludes halogenated alkanes) is 2. The van der Waals surface area contributed by atoms with Crippen LogP contribution in [0, 0.1) is 0 Å². The lowest BCUT2D eigenvalue weighted by Crippen LogP contribution is -1.95. The van der Waals surface area contributed by atoms with Gasteiger partial charge in [0.15, 0.2) is 0 Å². The van der Waals surface area contributed by atoms with Gasteiger partial charge in [0.05, 0.1) is 0 Å². The first-order valence-corrected chi connectivity index (χ1v) is 7.05. The van der Waals surface area contributed by atoms with E-state index in [-0.39, 0.29) is 0 Å². The van der Waals surface area contributed by atoms with E-state index in [4.69, 9.17) is 11.6 Å². The number of hydrogen-bond donors (Lipinski definition) is 1. The molecule has 0 saturated heterocycles. The van der Waals surface area contributed by atoms with Crippen LogP contribution in [-0.2, 0) is 4.57 Å². The van der Waals surface area contributed by atoms with Gasteiger partial charge < -0.3 is 4.89 Å². The Kier molecular flexibility index (Phi) is 7.22. The molecule has 1 N–H and O–H groups in total. The van der Waals surface area contributed by atoms with Gasteiger partial charge in [0.1, 0.15) is 0 Å². The summed E-state index contributed by atoms with van der Waals surface area (Å²) >= 11 is 5.46. The molecule has 0 spiro atoms. The van der Waals surface area contributed by atoms with E-state index in [1.54, 1.807) is 0 Å². The zero-order chi connectivity index (χ0) is 9.45. The largest absolute Gasteiger partial charge is 0.344 e.